The van der Waals surface area contributed by atoms with Crippen molar-refractivity contribution in [3.8, 4) is 22.6 Å². The zero-order valence-corrected chi connectivity index (χ0v) is 9.36. The molecular weight excluding hydrogens is 200 g/mol. The van der Waals surface area contributed by atoms with Crippen molar-refractivity contribution in [2.45, 2.75) is 0 Å². The first kappa shape index (κ1) is 10.6. The van der Waals surface area contributed by atoms with Crippen LogP contribution in [0.25, 0.3) is 11.1 Å². The van der Waals surface area contributed by atoms with Gasteiger partial charge in [-0.2, -0.15) is 0 Å². The van der Waals surface area contributed by atoms with Crippen molar-refractivity contribution in [2.24, 2.45) is 0 Å². The van der Waals surface area contributed by atoms with E-state index in [4.69, 9.17) is 9.47 Å². The van der Waals surface area contributed by atoms with Crippen LogP contribution in [0, 0.1) is 6.07 Å². The highest BCUT2D eigenvalue weighted by Gasteiger charge is 2.11. The molecule has 0 unspecified atom stereocenters. The molecule has 2 rings (SSSR count). The van der Waals surface area contributed by atoms with Gasteiger partial charge in [0.2, 0.25) is 0 Å². The van der Waals surface area contributed by atoms with Gasteiger partial charge < -0.3 is 9.47 Å². The summed E-state index contributed by atoms with van der Waals surface area (Å²) in [6, 6.07) is 16.5. The number of methoxy groups -OCH3 is 2. The maximum Gasteiger partial charge on any atom is 0.130 e. The van der Waals surface area contributed by atoms with Crippen molar-refractivity contribution in [1.82, 2.24) is 0 Å². The minimum atomic E-state index is 0.805. The van der Waals surface area contributed by atoms with E-state index in [1.165, 1.54) is 0 Å². The number of rotatable bonds is 3. The molecule has 0 aliphatic rings. The molecule has 81 valence electrons. The molecule has 2 aromatic carbocycles. The average Bonchev–Trinajstić information content (AvgIpc) is 2.38. The van der Waals surface area contributed by atoms with Crippen LogP contribution in [0.15, 0.2) is 42.5 Å². The van der Waals surface area contributed by atoms with Crippen molar-refractivity contribution >= 4 is 0 Å². The van der Waals surface area contributed by atoms with Gasteiger partial charge in [-0.1, -0.05) is 24.3 Å². The minimum absolute atomic E-state index is 0.805. The molecule has 0 saturated carbocycles. The summed E-state index contributed by atoms with van der Waals surface area (Å²) in [7, 11) is 3.32. The lowest BCUT2D eigenvalue weighted by atomic mass is 10.0. The number of hydrogen-bond acceptors (Lipinski definition) is 2. The van der Waals surface area contributed by atoms with E-state index >= 15 is 0 Å². The van der Waals surface area contributed by atoms with Gasteiger partial charge in [0.25, 0.3) is 0 Å². The second-order valence-electron chi connectivity index (χ2n) is 3.33. The zero-order chi connectivity index (χ0) is 11.4. The van der Waals surface area contributed by atoms with Gasteiger partial charge in [0.1, 0.15) is 11.5 Å². The molecule has 0 aliphatic heterocycles. The molecule has 0 amide bonds. The molecule has 1 radical (unpaired) electrons. The highest BCUT2D eigenvalue weighted by molar-refractivity contribution is 5.76. The van der Waals surface area contributed by atoms with Crippen LogP contribution >= 0.6 is 0 Å². The molecule has 2 heteroatoms. The first-order valence-electron chi connectivity index (χ1n) is 5.04. The first-order valence-corrected chi connectivity index (χ1v) is 5.04. The third kappa shape index (κ3) is 1.87. The van der Waals surface area contributed by atoms with Gasteiger partial charge >= 0.3 is 0 Å². The lowest BCUT2D eigenvalue weighted by Gasteiger charge is -2.12. The molecule has 16 heavy (non-hydrogen) atoms. The van der Waals surface area contributed by atoms with Gasteiger partial charge in [0, 0.05) is 0 Å². The topological polar surface area (TPSA) is 18.5 Å². The second kappa shape index (κ2) is 4.71. The molecule has 0 aliphatic carbocycles. The molecular formula is C14H13O2. The molecule has 0 atom stereocenters. The van der Waals surface area contributed by atoms with Crippen molar-refractivity contribution in [3.63, 3.8) is 0 Å². The summed E-state index contributed by atoms with van der Waals surface area (Å²) in [4.78, 5) is 0. The fourth-order valence-electron chi connectivity index (χ4n) is 1.68. The predicted molar refractivity (Wildman–Crippen MR) is 63.8 cm³/mol. The fraction of sp³-hybridized carbons (Fsp3) is 0.143. The van der Waals surface area contributed by atoms with Crippen LogP contribution in [0.2, 0.25) is 0 Å². The Balaban J connectivity index is 2.62. The molecule has 0 fully saturated rings. The van der Waals surface area contributed by atoms with Crippen LogP contribution < -0.4 is 9.47 Å². The van der Waals surface area contributed by atoms with E-state index in [2.05, 4.69) is 6.07 Å². The van der Waals surface area contributed by atoms with E-state index in [1.54, 1.807) is 14.2 Å². The third-order valence-corrected chi connectivity index (χ3v) is 2.42. The van der Waals surface area contributed by atoms with E-state index in [0.717, 1.165) is 22.6 Å². The Morgan fingerprint density at radius 1 is 0.938 bits per heavy atom. The summed E-state index contributed by atoms with van der Waals surface area (Å²) < 4.78 is 10.7. The van der Waals surface area contributed by atoms with Crippen molar-refractivity contribution in [3.05, 3.63) is 48.5 Å². The van der Waals surface area contributed by atoms with E-state index in [-0.39, 0.29) is 0 Å². The summed E-state index contributed by atoms with van der Waals surface area (Å²) in [5, 5.41) is 0. The van der Waals surface area contributed by atoms with Crippen LogP contribution in [0.5, 0.6) is 11.5 Å². The Morgan fingerprint density at radius 3 is 2.12 bits per heavy atom. The maximum absolute atomic E-state index is 5.35. The molecule has 2 nitrogen and oxygen atoms in total. The van der Waals surface area contributed by atoms with Gasteiger partial charge in [0.05, 0.1) is 19.8 Å². The van der Waals surface area contributed by atoms with Gasteiger partial charge in [-0.3, -0.25) is 0 Å². The zero-order valence-electron chi connectivity index (χ0n) is 9.36. The van der Waals surface area contributed by atoms with Crippen LogP contribution in [0.3, 0.4) is 0 Å². The van der Waals surface area contributed by atoms with Gasteiger partial charge in [0.15, 0.2) is 0 Å². The van der Waals surface area contributed by atoms with Crippen molar-refractivity contribution in [1.29, 1.82) is 0 Å². The van der Waals surface area contributed by atoms with E-state index in [9.17, 15) is 0 Å². The molecule has 0 aromatic heterocycles. The second-order valence-corrected chi connectivity index (χ2v) is 3.33. The van der Waals surface area contributed by atoms with E-state index in [1.807, 2.05) is 42.5 Å². The predicted octanol–water partition coefficient (Wildman–Crippen LogP) is 3.17. The SMILES string of the molecule is COc1cccc(OC)c1-c1c[c]ccc1. The monoisotopic (exact) mass is 213 g/mol. The smallest absolute Gasteiger partial charge is 0.130 e. The maximum atomic E-state index is 5.35. The molecule has 0 heterocycles. The quantitative estimate of drug-likeness (QED) is 0.779. The Hall–Kier alpha value is -1.96. The van der Waals surface area contributed by atoms with Gasteiger partial charge in [-0.25, -0.2) is 0 Å². The summed E-state index contributed by atoms with van der Waals surface area (Å²) in [6.45, 7) is 0. The molecule has 0 saturated heterocycles. The van der Waals surface area contributed by atoms with Crippen LogP contribution in [-0.4, -0.2) is 14.2 Å². The Morgan fingerprint density at radius 2 is 1.62 bits per heavy atom. The number of hydrogen-bond donors (Lipinski definition) is 0. The lowest BCUT2D eigenvalue weighted by molar-refractivity contribution is 0.397. The lowest BCUT2D eigenvalue weighted by Crippen LogP contribution is -1.92. The largest absolute Gasteiger partial charge is 0.496 e. The average molecular weight is 213 g/mol. The summed E-state index contributed by atoms with van der Waals surface area (Å²) in [5.41, 5.74) is 2.00. The van der Waals surface area contributed by atoms with Crippen molar-refractivity contribution < 1.29 is 9.47 Å². The highest BCUT2D eigenvalue weighted by Crippen LogP contribution is 2.37. The van der Waals surface area contributed by atoms with E-state index in [0.29, 0.717) is 0 Å². The number of benzene rings is 2. The molecule has 0 N–H and O–H groups in total. The Bertz CT molecular complexity index is 441. The highest BCUT2D eigenvalue weighted by atomic mass is 16.5. The Kier molecular flexibility index (Phi) is 3.10. The standard InChI is InChI=1S/C14H13O2/c1-15-12-9-6-10-13(16-2)14(12)11-7-4-3-5-8-11/h3-4,6-10H,1-2H3. The van der Waals surface area contributed by atoms with Crippen LogP contribution in [0.1, 0.15) is 0 Å². The normalized spacial score (nSPS) is 9.88. The fourth-order valence-corrected chi connectivity index (χ4v) is 1.68. The molecule has 2 aromatic rings. The first-order chi connectivity index (χ1) is 7.86. The summed E-state index contributed by atoms with van der Waals surface area (Å²) in [6.07, 6.45) is 0. The van der Waals surface area contributed by atoms with Gasteiger partial charge in [-0.15, -0.1) is 0 Å². The summed E-state index contributed by atoms with van der Waals surface area (Å²) in [5.74, 6) is 1.61. The molecule has 0 bridgehead atoms. The van der Waals surface area contributed by atoms with Crippen LogP contribution in [-0.2, 0) is 0 Å². The van der Waals surface area contributed by atoms with Gasteiger partial charge in [-0.05, 0) is 29.8 Å². The van der Waals surface area contributed by atoms with E-state index < -0.39 is 0 Å². The Labute approximate surface area is 95.4 Å². The third-order valence-electron chi connectivity index (χ3n) is 2.42. The van der Waals surface area contributed by atoms with Crippen LogP contribution in [0.4, 0.5) is 0 Å². The minimum Gasteiger partial charge on any atom is -0.496 e. The van der Waals surface area contributed by atoms with Crippen molar-refractivity contribution in [2.75, 3.05) is 14.2 Å². The summed E-state index contributed by atoms with van der Waals surface area (Å²) >= 11 is 0. The molecule has 0 spiro atoms. The number of ether oxygens (including phenoxy) is 2.